The molecule has 0 unspecified atom stereocenters. The van der Waals surface area contributed by atoms with Crippen molar-refractivity contribution < 1.29 is 4.21 Å². The fourth-order valence-electron chi connectivity index (χ4n) is 0.893. The topological polar surface area (TPSA) is 17.1 Å². The van der Waals surface area contributed by atoms with Crippen LogP contribution in [-0.2, 0) is 15.9 Å². The first-order valence-corrected chi connectivity index (χ1v) is 3.85. The highest BCUT2D eigenvalue weighted by molar-refractivity contribution is 7.65. The van der Waals surface area contributed by atoms with Crippen molar-refractivity contribution in [3.63, 3.8) is 0 Å². The molecule has 0 fully saturated rings. The normalized spacial score (nSPS) is 9.40. The summed E-state index contributed by atoms with van der Waals surface area (Å²) >= 11 is 0.554. The molecule has 0 atom stereocenters. The summed E-state index contributed by atoms with van der Waals surface area (Å²) < 4.78 is 10.4. The van der Waals surface area contributed by atoms with Crippen LogP contribution in [0.3, 0.4) is 0 Å². The maximum atomic E-state index is 10.4. The molecule has 0 saturated carbocycles. The predicted molar refractivity (Wildman–Crippen MR) is 42.2 cm³/mol. The first kappa shape index (κ1) is 7.35. The molecule has 0 aromatic heterocycles. The Morgan fingerprint density at radius 2 is 2.00 bits per heavy atom. The van der Waals surface area contributed by atoms with Gasteiger partial charge in [0.2, 0.25) is 0 Å². The van der Waals surface area contributed by atoms with E-state index in [1.54, 1.807) is 0 Å². The van der Waals surface area contributed by atoms with Gasteiger partial charge in [0, 0.05) is 15.8 Å². The van der Waals surface area contributed by atoms with Crippen LogP contribution < -0.4 is 0 Å². The molecule has 0 spiro atoms. The van der Waals surface area contributed by atoms with Crippen LogP contribution in [0.4, 0.5) is 0 Å². The third-order valence-electron chi connectivity index (χ3n) is 1.42. The molecule has 0 N–H and O–H groups in total. The van der Waals surface area contributed by atoms with Gasteiger partial charge in [-0.2, -0.15) is 0 Å². The van der Waals surface area contributed by atoms with Crippen molar-refractivity contribution in [2.45, 2.75) is 18.7 Å². The van der Waals surface area contributed by atoms with Crippen molar-refractivity contribution >= 4 is 11.7 Å². The first-order valence-electron chi connectivity index (χ1n) is 3.11. The summed E-state index contributed by atoms with van der Waals surface area (Å²) in [5.74, 6) is 0. The number of benzene rings is 1. The largest absolute Gasteiger partial charge is 0.505 e. The van der Waals surface area contributed by atoms with E-state index in [1.807, 2.05) is 32.0 Å². The number of hydrogen-bond acceptors (Lipinski definition) is 1. The molecule has 2 heteroatoms. The average molecular weight is 153 g/mol. The zero-order valence-electron chi connectivity index (χ0n) is 6.05. The molecule has 1 rings (SSSR count). The van der Waals surface area contributed by atoms with Crippen LogP contribution >= 0.6 is 0 Å². The van der Waals surface area contributed by atoms with Crippen LogP contribution in [0.5, 0.6) is 0 Å². The Kier molecular flexibility index (Phi) is 2.12. The summed E-state index contributed by atoms with van der Waals surface area (Å²) in [5.41, 5.74) is 2.27. The molecule has 0 heterocycles. The summed E-state index contributed by atoms with van der Waals surface area (Å²) in [5, 5.41) is 0. The van der Waals surface area contributed by atoms with Crippen molar-refractivity contribution in [3.05, 3.63) is 29.3 Å². The molecule has 0 bridgehead atoms. The van der Waals surface area contributed by atoms with Gasteiger partial charge in [0.05, 0.1) is 0 Å². The smallest absolute Gasteiger partial charge is 0.0535 e. The third-order valence-corrected chi connectivity index (χ3v) is 2.06. The Labute approximate surface area is 64.6 Å². The van der Waals surface area contributed by atoms with Crippen LogP contribution in [0.25, 0.3) is 0 Å². The lowest BCUT2D eigenvalue weighted by Crippen LogP contribution is -1.81. The van der Waals surface area contributed by atoms with Crippen LogP contribution in [0.2, 0.25) is 0 Å². The first-order chi connectivity index (χ1) is 4.74. The molecule has 1 nitrogen and oxygen atoms in total. The highest BCUT2D eigenvalue weighted by Crippen LogP contribution is 2.09. The lowest BCUT2D eigenvalue weighted by Gasteiger charge is -1.89. The fourth-order valence-corrected chi connectivity index (χ4v) is 1.21. The number of aryl methyl sites for hydroxylation is 2. The van der Waals surface area contributed by atoms with Crippen molar-refractivity contribution in [3.8, 4) is 0 Å². The SMILES string of the molecule is Cc1ccc([S+]=O)c(C)c1. The van der Waals surface area contributed by atoms with E-state index in [0.29, 0.717) is 11.7 Å². The molecule has 0 aliphatic carbocycles. The Balaban J connectivity index is 3.19. The molecule has 0 saturated heterocycles. The lowest BCUT2D eigenvalue weighted by molar-refractivity contribution is 0.604. The van der Waals surface area contributed by atoms with E-state index in [4.69, 9.17) is 0 Å². The van der Waals surface area contributed by atoms with Crippen molar-refractivity contribution in [1.82, 2.24) is 0 Å². The van der Waals surface area contributed by atoms with Gasteiger partial charge in [-0.15, -0.1) is 0 Å². The van der Waals surface area contributed by atoms with Crippen LogP contribution in [0.15, 0.2) is 23.1 Å². The zero-order valence-corrected chi connectivity index (χ0v) is 6.87. The molecule has 0 amide bonds. The highest BCUT2D eigenvalue weighted by Gasteiger charge is 2.08. The van der Waals surface area contributed by atoms with E-state index < -0.39 is 0 Å². The van der Waals surface area contributed by atoms with E-state index in [0.717, 1.165) is 10.5 Å². The number of rotatable bonds is 1. The monoisotopic (exact) mass is 153 g/mol. The van der Waals surface area contributed by atoms with Crippen molar-refractivity contribution in [2.24, 2.45) is 0 Å². The van der Waals surface area contributed by atoms with Gasteiger partial charge >= 0.3 is 11.7 Å². The van der Waals surface area contributed by atoms with E-state index in [9.17, 15) is 4.21 Å². The summed E-state index contributed by atoms with van der Waals surface area (Å²) in [6.07, 6.45) is 0. The average Bonchev–Trinajstić information content (AvgIpc) is 1.88. The minimum absolute atomic E-state index is 0.554. The molecule has 1 aromatic rings. The lowest BCUT2D eigenvalue weighted by atomic mass is 10.2. The second kappa shape index (κ2) is 2.88. The molecule has 1 aromatic carbocycles. The van der Waals surface area contributed by atoms with Gasteiger partial charge in [0.25, 0.3) is 4.90 Å². The van der Waals surface area contributed by atoms with Gasteiger partial charge in [-0.1, -0.05) is 17.7 Å². The Morgan fingerprint density at radius 1 is 1.30 bits per heavy atom. The van der Waals surface area contributed by atoms with Crippen LogP contribution in [0, 0.1) is 13.8 Å². The molecule has 0 aliphatic rings. The van der Waals surface area contributed by atoms with Crippen molar-refractivity contribution in [1.29, 1.82) is 0 Å². The second-order valence-electron chi connectivity index (χ2n) is 2.35. The molecule has 10 heavy (non-hydrogen) atoms. The minimum atomic E-state index is 0.554. The molecule has 0 aliphatic heterocycles. The van der Waals surface area contributed by atoms with Gasteiger partial charge < -0.3 is 0 Å². The third kappa shape index (κ3) is 1.39. The maximum Gasteiger partial charge on any atom is 0.505 e. The summed E-state index contributed by atoms with van der Waals surface area (Å²) in [6.45, 7) is 3.97. The van der Waals surface area contributed by atoms with Gasteiger partial charge in [-0.25, -0.2) is 0 Å². The summed E-state index contributed by atoms with van der Waals surface area (Å²) in [6, 6.07) is 5.83. The predicted octanol–water partition coefficient (Wildman–Crippen LogP) is 2.09. The van der Waals surface area contributed by atoms with Crippen LogP contribution in [-0.4, -0.2) is 0 Å². The summed E-state index contributed by atoms with van der Waals surface area (Å²) in [7, 11) is 0. The van der Waals surface area contributed by atoms with E-state index in [-0.39, 0.29) is 0 Å². The van der Waals surface area contributed by atoms with Gasteiger partial charge in [0.1, 0.15) is 0 Å². The zero-order chi connectivity index (χ0) is 7.56. The maximum absolute atomic E-state index is 10.4. The second-order valence-corrected chi connectivity index (χ2v) is 2.96. The van der Waals surface area contributed by atoms with E-state index in [1.165, 1.54) is 5.56 Å². The molecular weight excluding hydrogens is 144 g/mol. The standard InChI is InChI=1S/C8H9OS/c1-6-3-4-8(10-9)7(2)5-6/h3-5H,1-2H3/q+1. The Hall–Kier alpha value is -0.760. The van der Waals surface area contributed by atoms with Crippen LogP contribution in [0.1, 0.15) is 11.1 Å². The van der Waals surface area contributed by atoms with E-state index in [2.05, 4.69) is 0 Å². The Bertz CT molecular complexity index is 255. The van der Waals surface area contributed by atoms with Gasteiger partial charge in [0.15, 0.2) is 0 Å². The van der Waals surface area contributed by atoms with E-state index >= 15 is 0 Å². The fraction of sp³-hybridized carbons (Fsp3) is 0.250. The number of hydrogen-bond donors (Lipinski definition) is 0. The molecule has 0 radical (unpaired) electrons. The Morgan fingerprint density at radius 3 is 2.50 bits per heavy atom. The highest BCUT2D eigenvalue weighted by atomic mass is 32.1. The molecular formula is C8H9OS+. The molecule has 52 valence electrons. The summed E-state index contributed by atoms with van der Waals surface area (Å²) in [4.78, 5) is 0.825. The quantitative estimate of drug-likeness (QED) is 0.564. The van der Waals surface area contributed by atoms with Gasteiger partial charge in [-0.05, 0) is 13.8 Å². The minimum Gasteiger partial charge on any atom is -0.0535 e. The van der Waals surface area contributed by atoms with Gasteiger partial charge in [-0.3, -0.25) is 0 Å². The van der Waals surface area contributed by atoms with Crippen molar-refractivity contribution in [2.75, 3.05) is 0 Å².